The molecular weight excluding hydrogens is 230 g/mol. The first-order chi connectivity index (χ1) is 8.80. The zero-order valence-electron chi connectivity index (χ0n) is 13.6. The van der Waals surface area contributed by atoms with Crippen LogP contribution in [0.4, 0.5) is 0 Å². The third-order valence-electron chi connectivity index (χ3n) is 3.61. The minimum Gasteiger partial charge on any atom is -0.312 e. The average molecular weight is 261 g/mol. The van der Waals surface area contributed by atoms with E-state index in [0.29, 0.717) is 11.3 Å². The Hall–Kier alpha value is -0.820. The Labute approximate surface area is 119 Å². The van der Waals surface area contributed by atoms with Crippen molar-refractivity contribution in [3.05, 3.63) is 35.5 Å². The van der Waals surface area contributed by atoms with Crippen LogP contribution in [0.25, 0.3) is 0 Å². The topological polar surface area (TPSA) is 12.0 Å². The number of allylic oxidation sites excluding steroid dienone is 4. The van der Waals surface area contributed by atoms with E-state index >= 15 is 0 Å². The Balaban J connectivity index is 2.47. The van der Waals surface area contributed by atoms with Crippen molar-refractivity contribution in [2.24, 2.45) is 17.3 Å². The Morgan fingerprint density at radius 1 is 1.32 bits per heavy atom. The zero-order chi connectivity index (χ0) is 14.5. The van der Waals surface area contributed by atoms with Gasteiger partial charge in [0.25, 0.3) is 0 Å². The quantitative estimate of drug-likeness (QED) is 0.729. The fourth-order valence-electron chi connectivity index (χ4n) is 2.95. The molecule has 1 nitrogen and oxygen atoms in total. The third kappa shape index (κ3) is 6.24. The maximum absolute atomic E-state index is 3.63. The van der Waals surface area contributed by atoms with E-state index in [0.717, 1.165) is 19.0 Å². The summed E-state index contributed by atoms with van der Waals surface area (Å²) in [6.45, 7) is 15.8. The molecule has 0 heterocycles. The van der Waals surface area contributed by atoms with Crippen molar-refractivity contribution >= 4 is 0 Å². The van der Waals surface area contributed by atoms with Crippen molar-refractivity contribution in [1.29, 1.82) is 0 Å². The van der Waals surface area contributed by atoms with Gasteiger partial charge in [-0.25, -0.2) is 0 Å². The van der Waals surface area contributed by atoms with Gasteiger partial charge >= 0.3 is 0 Å². The van der Waals surface area contributed by atoms with Crippen LogP contribution < -0.4 is 5.32 Å². The largest absolute Gasteiger partial charge is 0.312 e. The molecule has 0 fully saturated rings. The fraction of sp³-hybridized carbons (Fsp3) is 0.667. The molecule has 19 heavy (non-hydrogen) atoms. The molecule has 1 aliphatic rings. The zero-order valence-corrected chi connectivity index (χ0v) is 13.6. The Bertz CT molecular complexity index is 369. The smallest absolute Gasteiger partial charge is 0.0208 e. The van der Waals surface area contributed by atoms with E-state index < -0.39 is 0 Å². The molecule has 0 spiro atoms. The van der Waals surface area contributed by atoms with Gasteiger partial charge in [0.2, 0.25) is 0 Å². The lowest BCUT2D eigenvalue weighted by molar-refractivity contribution is 0.276. The Morgan fingerprint density at radius 3 is 2.63 bits per heavy atom. The van der Waals surface area contributed by atoms with E-state index in [9.17, 15) is 0 Å². The summed E-state index contributed by atoms with van der Waals surface area (Å²) >= 11 is 0. The number of rotatable bonds is 6. The van der Waals surface area contributed by atoms with Crippen LogP contribution in [0.1, 0.15) is 48.0 Å². The van der Waals surface area contributed by atoms with Gasteiger partial charge in [-0.3, -0.25) is 0 Å². The first-order valence-corrected chi connectivity index (χ1v) is 7.57. The highest BCUT2D eigenvalue weighted by atomic mass is 14.9. The summed E-state index contributed by atoms with van der Waals surface area (Å²) in [5.74, 6) is 1.31. The summed E-state index contributed by atoms with van der Waals surface area (Å²) in [4.78, 5) is 0. The van der Waals surface area contributed by atoms with E-state index in [4.69, 9.17) is 0 Å². The molecule has 0 aromatic carbocycles. The molecule has 0 saturated carbocycles. The molecule has 0 radical (unpaired) electrons. The summed E-state index contributed by atoms with van der Waals surface area (Å²) in [6.07, 6.45) is 10.3. The Morgan fingerprint density at radius 2 is 2.00 bits per heavy atom. The van der Waals surface area contributed by atoms with Crippen LogP contribution in [0.3, 0.4) is 0 Å². The molecule has 1 N–H and O–H groups in total. The van der Waals surface area contributed by atoms with Crippen LogP contribution in [0.5, 0.6) is 0 Å². The molecule has 1 aliphatic carbocycles. The minimum absolute atomic E-state index is 0.375. The van der Waals surface area contributed by atoms with Gasteiger partial charge in [0.15, 0.2) is 0 Å². The normalized spacial score (nSPS) is 20.3. The van der Waals surface area contributed by atoms with Crippen molar-refractivity contribution in [3.8, 4) is 0 Å². The van der Waals surface area contributed by atoms with Gasteiger partial charge in [0.05, 0.1) is 0 Å². The molecule has 1 atom stereocenters. The molecule has 0 aromatic heterocycles. The van der Waals surface area contributed by atoms with Gasteiger partial charge in [-0.15, -0.1) is 0 Å². The maximum atomic E-state index is 3.63. The molecule has 0 bridgehead atoms. The van der Waals surface area contributed by atoms with E-state index in [1.807, 2.05) is 0 Å². The predicted molar refractivity (Wildman–Crippen MR) is 86.2 cm³/mol. The lowest BCUT2D eigenvalue weighted by Crippen LogP contribution is -2.31. The molecule has 0 aliphatic heterocycles. The van der Waals surface area contributed by atoms with Crippen LogP contribution in [0, 0.1) is 17.3 Å². The van der Waals surface area contributed by atoms with E-state index in [2.05, 4.69) is 71.2 Å². The first-order valence-electron chi connectivity index (χ1n) is 7.57. The standard InChI is InChI=1S/C18H31N/c1-14(2)11-18(5,6)13-19-12-17-9-7-8-15(3)10-16(17)4/h7-10,14-15,19H,11-13H2,1-6H3. The van der Waals surface area contributed by atoms with Crippen LogP contribution in [-0.2, 0) is 0 Å². The number of hydrogen-bond donors (Lipinski definition) is 1. The molecule has 108 valence electrons. The second-order valence-corrected chi connectivity index (χ2v) is 7.15. The summed E-state index contributed by atoms with van der Waals surface area (Å²) < 4.78 is 0. The van der Waals surface area contributed by atoms with E-state index in [-0.39, 0.29) is 0 Å². The van der Waals surface area contributed by atoms with Crippen molar-refractivity contribution < 1.29 is 0 Å². The first kappa shape index (κ1) is 16.2. The monoisotopic (exact) mass is 261 g/mol. The SMILES string of the molecule is CC1=CC(C)C=CC=C1CNCC(C)(C)CC(C)C. The molecule has 0 aromatic rings. The highest BCUT2D eigenvalue weighted by molar-refractivity contribution is 5.36. The lowest BCUT2D eigenvalue weighted by atomic mass is 9.84. The molecule has 0 amide bonds. The maximum Gasteiger partial charge on any atom is 0.0208 e. The summed E-state index contributed by atoms with van der Waals surface area (Å²) in [7, 11) is 0. The second-order valence-electron chi connectivity index (χ2n) is 7.15. The molecule has 1 unspecified atom stereocenters. The third-order valence-corrected chi connectivity index (χ3v) is 3.61. The fourth-order valence-corrected chi connectivity index (χ4v) is 2.95. The van der Waals surface area contributed by atoms with Gasteiger partial charge in [-0.05, 0) is 36.2 Å². The van der Waals surface area contributed by atoms with E-state index in [1.165, 1.54) is 17.6 Å². The predicted octanol–water partition coefficient (Wildman–Crippen LogP) is 4.73. The second kappa shape index (κ2) is 7.09. The number of hydrogen-bond acceptors (Lipinski definition) is 1. The van der Waals surface area contributed by atoms with Crippen molar-refractivity contribution in [3.63, 3.8) is 0 Å². The van der Waals surface area contributed by atoms with Gasteiger partial charge in [0.1, 0.15) is 0 Å². The van der Waals surface area contributed by atoms with Gasteiger partial charge in [0, 0.05) is 13.1 Å². The minimum atomic E-state index is 0.375. The van der Waals surface area contributed by atoms with Crippen LogP contribution in [0.15, 0.2) is 35.5 Å². The van der Waals surface area contributed by atoms with Gasteiger partial charge in [-0.2, -0.15) is 0 Å². The van der Waals surface area contributed by atoms with Crippen LogP contribution in [0.2, 0.25) is 0 Å². The van der Waals surface area contributed by atoms with Crippen molar-refractivity contribution in [2.75, 3.05) is 13.1 Å². The van der Waals surface area contributed by atoms with Gasteiger partial charge in [-0.1, -0.05) is 64.5 Å². The highest BCUT2D eigenvalue weighted by Crippen LogP contribution is 2.24. The van der Waals surface area contributed by atoms with Crippen molar-refractivity contribution in [2.45, 2.75) is 48.0 Å². The molecule has 1 rings (SSSR count). The molecule has 1 heteroatoms. The Kier molecular flexibility index (Phi) is 6.06. The van der Waals surface area contributed by atoms with E-state index in [1.54, 1.807) is 0 Å². The molecular formula is C18H31N. The summed E-state index contributed by atoms with van der Waals surface area (Å²) in [5, 5.41) is 3.63. The number of nitrogens with one attached hydrogen (secondary N) is 1. The van der Waals surface area contributed by atoms with Gasteiger partial charge < -0.3 is 5.32 Å². The average Bonchev–Trinajstić information content (AvgIpc) is 2.38. The van der Waals surface area contributed by atoms with Crippen LogP contribution >= 0.6 is 0 Å². The van der Waals surface area contributed by atoms with Crippen LogP contribution in [-0.4, -0.2) is 13.1 Å². The summed E-state index contributed by atoms with van der Waals surface area (Å²) in [6, 6.07) is 0. The highest BCUT2D eigenvalue weighted by Gasteiger charge is 2.19. The molecule has 0 saturated heterocycles. The lowest BCUT2D eigenvalue weighted by Gasteiger charge is -2.27. The summed E-state index contributed by atoms with van der Waals surface area (Å²) in [5.41, 5.74) is 3.20. The van der Waals surface area contributed by atoms with Crippen molar-refractivity contribution in [1.82, 2.24) is 5.32 Å².